The second-order valence-electron chi connectivity index (χ2n) is 9.41. The SMILES string of the molecule is C=N/C(=C\C(=N/Cc1ccccc1CCNC)NCc1ccc(-c2ccnc(C)c2)cc1)N1CCCC1. The summed E-state index contributed by atoms with van der Waals surface area (Å²) in [6.07, 6.45) is 7.27. The van der Waals surface area contributed by atoms with Crippen molar-refractivity contribution in [2.24, 2.45) is 9.98 Å². The van der Waals surface area contributed by atoms with Gasteiger partial charge in [0, 0.05) is 37.6 Å². The maximum atomic E-state index is 5.00. The quantitative estimate of drug-likeness (QED) is 0.286. The molecule has 4 rings (SSSR count). The standard InChI is InChI=1S/C31H38N6/c1-24-20-28(15-17-34-24)27-12-10-25(11-13-27)22-35-30(21-31(33-3)37-18-6-7-19-37)36-23-29-9-5-4-8-26(29)14-16-32-2/h4-5,8-13,15,17,20-21,32H,3,6-7,14,16,18-19,22-23H2,1-2H3,(H,35,36)/b31-21+. The van der Waals surface area contributed by atoms with Crippen LogP contribution in [-0.4, -0.2) is 49.1 Å². The fourth-order valence-electron chi connectivity index (χ4n) is 4.58. The molecule has 2 N–H and O–H groups in total. The van der Waals surface area contributed by atoms with Crippen LogP contribution in [0.15, 0.2) is 88.7 Å². The van der Waals surface area contributed by atoms with Gasteiger partial charge in [-0.05, 0) is 86.4 Å². The summed E-state index contributed by atoms with van der Waals surface area (Å²) >= 11 is 0. The number of amidine groups is 1. The summed E-state index contributed by atoms with van der Waals surface area (Å²) < 4.78 is 0. The molecular weight excluding hydrogens is 456 g/mol. The molecule has 0 spiro atoms. The summed E-state index contributed by atoms with van der Waals surface area (Å²) in [5.41, 5.74) is 7.16. The molecule has 6 nitrogen and oxygen atoms in total. The Kier molecular flexibility index (Phi) is 9.60. The molecule has 0 unspecified atom stereocenters. The van der Waals surface area contributed by atoms with Gasteiger partial charge in [0.05, 0.1) is 6.54 Å². The predicted octanol–water partition coefficient (Wildman–Crippen LogP) is 5.15. The molecule has 0 amide bonds. The Balaban J connectivity index is 1.52. The number of nitrogens with one attached hydrogen (secondary N) is 2. The second kappa shape index (κ2) is 13.5. The van der Waals surface area contributed by atoms with Crippen LogP contribution >= 0.6 is 0 Å². The van der Waals surface area contributed by atoms with E-state index >= 15 is 0 Å². The molecule has 6 heteroatoms. The van der Waals surface area contributed by atoms with Crippen LogP contribution in [0.3, 0.4) is 0 Å². The van der Waals surface area contributed by atoms with E-state index in [0.29, 0.717) is 13.1 Å². The summed E-state index contributed by atoms with van der Waals surface area (Å²) in [4.78, 5) is 15.9. The van der Waals surface area contributed by atoms with E-state index in [4.69, 9.17) is 4.99 Å². The lowest BCUT2D eigenvalue weighted by Crippen LogP contribution is -2.25. The number of benzene rings is 2. The van der Waals surface area contributed by atoms with Gasteiger partial charge in [0.2, 0.25) is 0 Å². The van der Waals surface area contributed by atoms with E-state index < -0.39 is 0 Å². The normalized spacial score (nSPS) is 14.2. The van der Waals surface area contributed by atoms with Crippen LogP contribution in [-0.2, 0) is 19.5 Å². The van der Waals surface area contributed by atoms with Gasteiger partial charge in [-0.3, -0.25) is 9.98 Å². The van der Waals surface area contributed by atoms with E-state index in [9.17, 15) is 0 Å². The minimum absolute atomic E-state index is 0.615. The number of aryl methyl sites for hydroxylation is 1. The molecule has 192 valence electrons. The van der Waals surface area contributed by atoms with Crippen LogP contribution in [0.2, 0.25) is 0 Å². The minimum atomic E-state index is 0.615. The first-order chi connectivity index (χ1) is 18.2. The number of pyridine rings is 1. The number of nitrogens with zero attached hydrogens (tertiary/aromatic N) is 4. The van der Waals surface area contributed by atoms with Gasteiger partial charge < -0.3 is 15.5 Å². The first-order valence-corrected chi connectivity index (χ1v) is 13.1. The Morgan fingerprint density at radius 2 is 1.78 bits per heavy atom. The van der Waals surface area contributed by atoms with Crippen molar-refractivity contribution < 1.29 is 0 Å². The van der Waals surface area contributed by atoms with E-state index in [2.05, 4.69) is 86.8 Å². The maximum Gasteiger partial charge on any atom is 0.131 e. The van der Waals surface area contributed by atoms with Crippen molar-refractivity contribution in [1.82, 2.24) is 20.5 Å². The van der Waals surface area contributed by atoms with Gasteiger partial charge in [0.15, 0.2) is 0 Å². The molecule has 0 radical (unpaired) electrons. The maximum absolute atomic E-state index is 5.00. The van der Waals surface area contributed by atoms with Crippen LogP contribution in [0.4, 0.5) is 0 Å². The topological polar surface area (TPSA) is 64.9 Å². The average molecular weight is 495 g/mol. The van der Waals surface area contributed by atoms with Gasteiger partial charge in [0.25, 0.3) is 0 Å². The lowest BCUT2D eigenvalue weighted by atomic mass is 10.0. The highest BCUT2D eigenvalue weighted by atomic mass is 15.2. The fourth-order valence-corrected chi connectivity index (χ4v) is 4.58. The number of likely N-dealkylation sites (tertiary alicyclic amines) is 1. The van der Waals surface area contributed by atoms with Crippen LogP contribution in [0.5, 0.6) is 0 Å². The molecule has 0 atom stereocenters. The van der Waals surface area contributed by atoms with Crippen LogP contribution < -0.4 is 10.6 Å². The number of aliphatic imine (C=N–C) groups is 2. The highest BCUT2D eigenvalue weighted by molar-refractivity contribution is 5.93. The van der Waals surface area contributed by atoms with Crippen LogP contribution in [0, 0.1) is 6.92 Å². The third-order valence-corrected chi connectivity index (χ3v) is 6.70. The molecule has 1 aliphatic heterocycles. The molecule has 0 saturated carbocycles. The lowest BCUT2D eigenvalue weighted by molar-refractivity contribution is 0.423. The van der Waals surface area contributed by atoms with E-state index in [0.717, 1.165) is 43.4 Å². The monoisotopic (exact) mass is 494 g/mol. The highest BCUT2D eigenvalue weighted by Crippen LogP contribution is 2.20. The van der Waals surface area contributed by atoms with Crippen molar-refractivity contribution in [3.8, 4) is 11.1 Å². The van der Waals surface area contributed by atoms with E-state index in [1.165, 1.54) is 40.7 Å². The molecule has 2 aromatic carbocycles. The van der Waals surface area contributed by atoms with E-state index in [-0.39, 0.29) is 0 Å². The largest absolute Gasteiger partial charge is 0.366 e. The number of hydrogen-bond donors (Lipinski definition) is 2. The molecule has 0 aliphatic carbocycles. The van der Waals surface area contributed by atoms with E-state index in [1.807, 2.05) is 32.3 Å². The van der Waals surface area contributed by atoms with E-state index in [1.54, 1.807) is 0 Å². The zero-order valence-corrected chi connectivity index (χ0v) is 22.1. The lowest BCUT2D eigenvalue weighted by Gasteiger charge is -2.18. The highest BCUT2D eigenvalue weighted by Gasteiger charge is 2.14. The smallest absolute Gasteiger partial charge is 0.131 e. The Morgan fingerprint density at radius 3 is 2.49 bits per heavy atom. The fraction of sp³-hybridized carbons (Fsp3) is 0.323. The van der Waals surface area contributed by atoms with Gasteiger partial charge in [-0.15, -0.1) is 0 Å². The predicted molar refractivity (Wildman–Crippen MR) is 155 cm³/mol. The Hall–Kier alpha value is -3.77. The second-order valence-corrected chi connectivity index (χ2v) is 9.41. The third kappa shape index (κ3) is 7.61. The van der Waals surface area contributed by atoms with Gasteiger partial charge in [-0.25, -0.2) is 4.99 Å². The average Bonchev–Trinajstić information content (AvgIpc) is 3.47. The summed E-state index contributed by atoms with van der Waals surface area (Å²) in [6, 6.07) is 21.4. The number of aromatic nitrogens is 1. The Labute approximate surface area is 221 Å². The summed E-state index contributed by atoms with van der Waals surface area (Å²) in [7, 11) is 1.99. The van der Waals surface area contributed by atoms with Crippen molar-refractivity contribution in [3.05, 3.63) is 101 Å². The van der Waals surface area contributed by atoms with Crippen molar-refractivity contribution in [2.75, 3.05) is 26.7 Å². The van der Waals surface area contributed by atoms with Gasteiger partial charge in [-0.1, -0.05) is 48.5 Å². The first-order valence-electron chi connectivity index (χ1n) is 13.1. The Morgan fingerprint density at radius 1 is 1.03 bits per heavy atom. The number of likely N-dealkylation sites (N-methyl/N-ethyl adjacent to an activating group) is 1. The summed E-state index contributed by atoms with van der Waals surface area (Å²) in [5.74, 6) is 1.71. The van der Waals surface area contributed by atoms with Crippen molar-refractivity contribution in [3.63, 3.8) is 0 Å². The zero-order chi connectivity index (χ0) is 25.9. The Bertz CT molecular complexity index is 1220. The van der Waals surface area contributed by atoms with Crippen molar-refractivity contribution in [2.45, 2.75) is 39.3 Å². The molecule has 1 fully saturated rings. The molecule has 1 aliphatic rings. The molecule has 2 heterocycles. The third-order valence-electron chi connectivity index (χ3n) is 6.70. The molecule has 37 heavy (non-hydrogen) atoms. The van der Waals surface area contributed by atoms with Crippen LogP contribution in [0.1, 0.15) is 35.2 Å². The first kappa shape index (κ1) is 26.3. The van der Waals surface area contributed by atoms with Gasteiger partial charge in [0.1, 0.15) is 11.7 Å². The molecule has 1 saturated heterocycles. The molecule has 1 aromatic heterocycles. The van der Waals surface area contributed by atoms with Gasteiger partial charge in [-0.2, -0.15) is 0 Å². The summed E-state index contributed by atoms with van der Waals surface area (Å²) in [5, 5.41) is 6.81. The zero-order valence-electron chi connectivity index (χ0n) is 22.1. The van der Waals surface area contributed by atoms with Crippen LogP contribution in [0.25, 0.3) is 11.1 Å². The van der Waals surface area contributed by atoms with Gasteiger partial charge >= 0.3 is 0 Å². The number of hydrogen-bond acceptors (Lipinski definition) is 5. The van der Waals surface area contributed by atoms with Crippen molar-refractivity contribution >= 4 is 12.6 Å². The molecular formula is C31H38N6. The summed E-state index contributed by atoms with van der Waals surface area (Å²) in [6.45, 7) is 10.1. The molecule has 3 aromatic rings. The number of rotatable bonds is 11. The minimum Gasteiger partial charge on any atom is -0.366 e. The molecule has 0 bridgehead atoms. The van der Waals surface area contributed by atoms with Crippen molar-refractivity contribution in [1.29, 1.82) is 0 Å².